The summed E-state index contributed by atoms with van der Waals surface area (Å²) in [6.45, 7) is 2.49. The van der Waals surface area contributed by atoms with Crippen LogP contribution in [0.1, 0.15) is 22.8 Å². The van der Waals surface area contributed by atoms with Gasteiger partial charge in [0.25, 0.3) is 5.91 Å². The molecule has 0 saturated carbocycles. The minimum atomic E-state index is -0.241. The van der Waals surface area contributed by atoms with Gasteiger partial charge >= 0.3 is 0 Å². The van der Waals surface area contributed by atoms with Gasteiger partial charge in [0.2, 0.25) is 0 Å². The van der Waals surface area contributed by atoms with E-state index in [2.05, 4.69) is 49.0 Å². The molecule has 0 aliphatic carbocycles. The van der Waals surface area contributed by atoms with E-state index in [9.17, 15) is 4.79 Å². The molecular weight excluding hydrogens is 459 g/mol. The summed E-state index contributed by atoms with van der Waals surface area (Å²) in [5.41, 5.74) is 3.92. The number of hydrogen-bond acceptors (Lipinski definition) is 3. The molecule has 0 atom stereocenters. The molecule has 2 rings (SSSR count). The monoisotopic (exact) mass is 472 g/mol. The molecule has 2 aromatic carbocycles. The van der Waals surface area contributed by atoms with E-state index in [0.29, 0.717) is 12.2 Å². The van der Waals surface area contributed by atoms with Crippen molar-refractivity contribution in [2.24, 2.45) is 5.10 Å². The van der Waals surface area contributed by atoms with E-state index in [1.807, 2.05) is 43.3 Å². The molecule has 0 bridgehead atoms. The van der Waals surface area contributed by atoms with Crippen molar-refractivity contribution in [2.45, 2.75) is 6.92 Å². The zero-order valence-corrected chi connectivity index (χ0v) is 15.6. The van der Waals surface area contributed by atoms with Crippen LogP contribution in [0.15, 0.2) is 52.0 Å². The normalized spacial score (nSPS) is 10.7. The third kappa shape index (κ3) is 4.54. The lowest BCUT2D eigenvalue weighted by Crippen LogP contribution is -2.18. The Morgan fingerprint density at radius 3 is 2.86 bits per heavy atom. The van der Waals surface area contributed by atoms with Crippen molar-refractivity contribution in [3.63, 3.8) is 0 Å². The molecule has 2 aromatic rings. The topological polar surface area (TPSA) is 50.7 Å². The van der Waals surface area contributed by atoms with Crippen molar-refractivity contribution in [1.29, 1.82) is 0 Å². The highest BCUT2D eigenvalue weighted by Crippen LogP contribution is 2.21. The maximum Gasteiger partial charge on any atom is 0.272 e. The molecule has 0 heterocycles. The highest BCUT2D eigenvalue weighted by atomic mass is 127. The van der Waals surface area contributed by atoms with Gasteiger partial charge in [0, 0.05) is 13.6 Å². The third-order valence-corrected chi connectivity index (χ3v) is 4.19. The molecule has 22 heavy (non-hydrogen) atoms. The Balaban J connectivity index is 2.11. The zero-order chi connectivity index (χ0) is 15.9. The number of amides is 1. The SMILES string of the molecule is CCOc1ccc(Br)cc1/C=N\NC(=O)c1ccccc1I. The standard InChI is InChI=1S/C16H14BrIN2O2/c1-2-22-15-8-7-12(17)9-11(15)10-19-20-16(21)13-5-3-4-6-14(13)18/h3-10H,2H2,1H3,(H,20,21)/b19-10-. The van der Waals surface area contributed by atoms with E-state index in [1.165, 1.54) is 0 Å². The van der Waals surface area contributed by atoms with Crippen LogP contribution in [0.4, 0.5) is 0 Å². The minimum Gasteiger partial charge on any atom is -0.493 e. The average molecular weight is 473 g/mol. The number of carbonyl (C=O) groups excluding carboxylic acids is 1. The number of hydrazone groups is 1. The molecule has 0 spiro atoms. The van der Waals surface area contributed by atoms with Crippen molar-refractivity contribution in [2.75, 3.05) is 6.61 Å². The first-order chi connectivity index (χ1) is 10.6. The number of carbonyl (C=O) groups is 1. The molecule has 0 unspecified atom stereocenters. The fourth-order valence-electron chi connectivity index (χ4n) is 1.77. The molecule has 114 valence electrons. The van der Waals surface area contributed by atoms with E-state index in [4.69, 9.17) is 4.74 Å². The number of halogens is 2. The lowest BCUT2D eigenvalue weighted by Gasteiger charge is -2.07. The Morgan fingerprint density at radius 2 is 2.14 bits per heavy atom. The van der Waals surface area contributed by atoms with Gasteiger partial charge in [-0.1, -0.05) is 28.1 Å². The number of nitrogens with zero attached hydrogens (tertiary/aromatic N) is 1. The van der Waals surface area contributed by atoms with Gasteiger partial charge in [-0.3, -0.25) is 4.79 Å². The maximum absolute atomic E-state index is 12.1. The van der Waals surface area contributed by atoms with Crippen LogP contribution in [-0.2, 0) is 0 Å². The molecule has 0 saturated heterocycles. The van der Waals surface area contributed by atoms with Crippen LogP contribution in [-0.4, -0.2) is 18.7 Å². The van der Waals surface area contributed by atoms with E-state index in [-0.39, 0.29) is 5.91 Å². The first-order valence-electron chi connectivity index (χ1n) is 6.62. The molecule has 6 heteroatoms. The molecule has 0 aromatic heterocycles. The van der Waals surface area contributed by atoms with Crippen LogP contribution in [0.5, 0.6) is 5.75 Å². The van der Waals surface area contributed by atoms with Crippen LogP contribution >= 0.6 is 38.5 Å². The largest absolute Gasteiger partial charge is 0.493 e. The summed E-state index contributed by atoms with van der Waals surface area (Å²) in [5.74, 6) is 0.479. The van der Waals surface area contributed by atoms with Gasteiger partial charge in [0.05, 0.1) is 18.4 Å². The van der Waals surface area contributed by atoms with Gasteiger partial charge in [0.15, 0.2) is 0 Å². The summed E-state index contributed by atoms with van der Waals surface area (Å²) in [4.78, 5) is 12.1. The number of benzene rings is 2. The Labute approximate surface area is 151 Å². The van der Waals surface area contributed by atoms with Crippen molar-refractivity contribution in [1.82, 2.24) is 5.43 Å². The smallest absolute Gasteiger partial charge is 0.272 e. The van der Waals surface area contributed by atoms with Crippen molar-refractivity contribution >= 4 is 50.6 Å². The van der Waals surface area contributed by atoms with Crippen LogP contribution in [0.2, 0.25) is 0 Å². The van der Waals surface area contributed by atoms with Gasteiger partial charge in [-0.25, -0.2) is 5.43 Å². The fraction of sp³-hybridized carbons (Fsp3) is 0.125. The number of nitrogens with one attached hydrogen (secondary N) is 1. The van der Waals surface area contributed by atoms with Crippen LogP contribution in [0, 0.1) is 3.57 Å². The highest BCUT2D eigenvalue weighted by Gasteiger charge is 2.08. The number of rotatable bonds is 5. The van der Waals surface area contributed by atoms with Crippen molar-refractivity contribution < 1.29 is 9.53 Å². The third-order valence-electron chi connectivity index (χ3n) is 2.76. The molecule has 0 aliphatic rings. The maximum atomic E-state index is 12.1. The molecule has 0 aliphatic heterocycles. The van der Waals surface area contributed by atoms with Gasteiger partial charge < -0.3 is 4.74 Å². The molecule has 1 N–H and O–H groups in total. The van der Waals surface area contributed by atoms with Crippen molar-refractivity contribution in [3.05, 3.63) is 61.6 Å². The van der Waals surface area contributed by atoms with Gasteiger partial charge in [-0.2, -0.15) is 5.10 Å². The average Bonchev–Trinajstić information content (AvgIpc) is 2.50. The van der Waals surface area contributed by atoms with E-state index >= 15 is 0 Å². The van der Waals surface area contributed by atoms with Gasteiger partial charge in [-0.05, 0) is 59.8 Å². The summed E-state index contributed by atoms with van der Waals surface area (Å²) in [7, 11) is 0. The Hall–Kier alpha value is -1.41. The Kier molecular flexibility index (Phi) is 6.38. The number of hydrogen-bond donors (Lipinski definition) is 1. The predicted octanol–water partition coefficient (Wildman–Crippen LogP) is 4.22. The highest BCUT2D eigenvalue weighted by molar-refractivity contribution is 14.1. The second kappa shape index (κ2) is 8.28. The minimum absolute atomic E-state index is 0.241. The van der Waals surface area contributed by atoms with E-state index < -0.39 is 0 Å². The quantitative estimate of drug-likeness (QED) is 0.402. The molecular formula is C16H14BrIN2O2. The lowest BCUT2D eigenvalue weighted by molar-refractivity contribution is 0.0954. The summed E-state index contributed by atoms with van der Waals surface area (Å²) in [5, 5.41) is 4.01. The van der Waals surface area contributed by atoms with Gasteiger partial charge in [-0.15, -0.1) is 0 Å². The zero-order valence-electron chi connectivity index (χ0n) is 11.8. The van der Waals surface area contributed by atoms with Crippen LogP contribution in [0.25, 0.3) is 0 Å². The number of ether oxygens (including phenoxy) is 1. The van der Waals surface area contributed by atoms with E-state index in [0.717, 1.165) is 19.4 Å². The van der Waals surface area contributed by atoms with Gasteiger partial charge in [0.1, 0.15) is 5.75 Å². The summed E-state index contributed by atoms with van der Waals surface area (Å²) >= 11 is 5.53. The molecule has 4 nitrogen and oxygen atoms in total. The summed E-state index contributed by atoms with van der Waals surface area (Å²) < 4.78 is 7.33. The first-order valence-corrected chi connectivity index (χ1v) is 8.49. The first kappa shape index (κ1) is 17.0. The molecule has 1 amide bonds. The van der Waals surface area contributed by atoms with Crippen molar-refractivity contribution in [3.8, 4) is 5.75 Å². The second-order valence-electron chi connectivity index (χ2n) is 4.29. The predicted molar refractivity (Wildman–Crippen MR) is 99.5 cm³/mol. The Bertz CT molecular complexity index is 704. The summed E-state index contributed by atoms with van der Waals surface area (Å²) in [6, 6.07) is 13.0. The lowest BCUT2D eigenvalue weighted by atomic mass is 10.2. The Morgan fingerprint density at radius 1 is 1.36 bits per heavy atom. The summed E-state index contributed by atoms with van der Waals surface area (Å²) in [6.07, 6.45) is 1.57. The van der Waals surface area contributed by atoms with Crippen LogP contribution < -0.4 is 10.2 Å². The molecule has 0 radical (unpaired) electrons. The second-order valence-corrected chi connectivity index (χ2v) is 6.37. The molecule has 0 fully saturated rings. The van der Waals surface area contributed by atoms with Crippen LogP contribution in [0.3, 0.4) is 0 Å². The fourth-order valence-corrected chi connectivity index (χ4v) is 2.78. The van der Waals surface area contributed by atoms with E-state index in [1.54, 1.807) is 12.3 Å².